The van der Waals surface area contributed by atoms with E-state index in [9.17, 15) is 4.79 Å². The third kappa shape index (κ3) is 4.16. The number of piperazine rings is 1. The normalized spacial score (nSPS) is 28.4. The van der Waals surface area contributed by atoms with E-state index in [1.807, 2.05) is 13.1 Å². The Hall–Kier alpha value is -2.74. The number of ether oxygens (including phenoxy) is 1. The lowest BCUT2D eigenvalue weighted by Crippen LogP contribution is -2.51. The lowest BCUT2D eigenvalue weighted by atomic mass is 9.80. The number of benzene rings is 1. The van der Waals surface area contributed by atoms with Gasteiger partial charge in [-0.1, -0.05) is 18.2 Å². The molecule has 1 saturated carbocycles. The number of fused-ring (bicyclic) bond motifs is 4. The Morgan fingerprint density at radius 3 is 2.63 bits per heavy atom. The van der Waals surface area contributed by atoms with Crippen molar-refractivity contribution in [3.05, 3.63) is 69.6 Å². The van der Waals surface area contributed by atoms with Crippen LogP contribution in [-0.2, 0) is 18.3 Å². The van der Waals surface area contributed by atoms with Crippen LogP contribution in [0.15, 0.2) is 47.4 Å². The van der Waals surface area contributed by atoms with Gasteiger partial charge in [0.2, 0.25) is 0 Å². The molecule has 1 aromatic carbocycles. The van der Waals surface area contributed by atoms with E-state index in [4.69, 9.17) is 4.74 Å². The summed E-state index contributed by atoms with van der Waals surface area (Å²) < 4.78 is 7.22. The minimum absolute atomic E-state index is 0.00101. The monoisotopic (exact) mass is 513 g/mol. The lowest BCUT2D eigenvalue weighted by molar-refractivity contribution is 0.00729. The van der Waals surface area contributed by atoms with E-state index in [0.29, 0.717) is 18.0 Å². The van der Waals surface area contributed by atoms with Gasteiger partial charge in [0, 0.05) is 69.5 Å². The fourth-order valence-electron chi connectivity index (χ4n) is 7.64. The number of aryl methyl sites for hydroxylation is 1. The highest BCUT2D eigenvalue weighted by molar-refractivity contribution is 5.89. The van der Waals surface area contributed by atoms with Crippen molar-refractivity contribution >= 4 is 16.7 Å². The van der Waals surface area contributed by atoms with Crippen molar-refractivity contribution in [2.75, 3.05) is 44.3 Å². The zero-order chi connectivity index (χ0) is 25.8. The van der Waals surface area contributed by atoms with E-state index in [1.54, 1.807) is 16.8 Å². The van der Waals surface area contributed by atoms with Crippen molar-refractivity contribution in [3.8, 4) is 0 Å². The highest BCUT2D eigenvalue weighted by Crippen LogP contribution is 2.43. The summed E-state index contributed by atoms with van der Waals surface area (Å²) in [6, 6.07) is 14.7. The maximum absolute atomic E-state index is 12.8. The van der Waals surface area contributed by atoms with Crippen molar-refractivity contribution in [2.24, 2.45) is 7.05 Å². The molecule has 38 heavy (non-hydrogen) atoms. The van der Waals surface area contributed by atoms with E-state index in [2.05, 4.69) is 50.9 Å². The van der Waals surface area contributed by atoms with Crippen molar-refractivity contribution in [3.63, 3.8) is 0 Å². The van der Waals surface area contributed by atoms with Crippen molar-refractivity contribution < 1.29 is 4.74 Å². The van der Waals surface area contributed by atoms with Crippen molar-refractivity contribution in [2.45, 2.75) is 63.2 Å². The van der Waals surface area contributed by atoms with Gasteiger partial charge >= 0.3 is 0 Å². The topological polar surface area (TPSA) is 53.8 Å². The van der Waals surface area contributed by atoms with Gasteiger partial charge in [-0.3, -0.25) is 19.2 Å². The van der Waals surface area contributed by atoms with E-state index in [0.717, 1.165) is 68.7 Å². The molecule has 2 saturated heterocycles. The average molecular weight is 514 g/mol. The molecular weight excluding hydrogens is 474 g/mol. The molecule has 0 amide bonds. The van der Waals surface area contributed by atoms with E-state index < -0.39 is 0 Å². The van der Waals surface area contributed by atoms with E-state index >= 15 is 0 Å². The number of morpholine rings is 1. The number of hydrogen-bond donors (Lipinski definition) is 0. The average Bonchev–Trinajstić information content (AvgIpc) is 3.34. The molecule has 0 N–H and O–H groups in total. The highest BCUT2D eigenvalue weighted by atomic mass is 16.5. The van der Waals surface area contributed by atoms with Gasteiger partial charge in [0.15, 0.2) is 0 Å². The SMILES string of the molecule is C[C@@H]1CN(c2cc(=O)n(C)c3ncccc23)C[C@@H]2c3ccc([C@H]4CC[C@H](N5CCOCC5)CC4)cc3CN12. The first-order valence-electron chi connectivity index (χ1n) is 14.5. The van der Waals surface area contributed by atoms with E-state index in [1.165, 1.54) is 42.4 Å². The van der Waals surface area contributed by atoms with Crippen LogP contribution in [0.4, 0.5) is 5.69 Å². The van der Waals surface area contributed by atoms with Crippen LogP contribution < -0.4 is 10.5 Å². The van der Waals surface area contributed by atoms with Gasteiger partial charge in [0.1, 0.15) is 5.65 Å². The van der Waals surface area contributed by atoms with Crippen LogP contribution in [0.3, 0.4) is 0 Å². The molecular formula is C31H39N5O2. The molecule has 0 spiro atoms. The second-order valence-electron chi connectivity index (χ2n) is 11.9. The zero-order valence-electron chi connectivity index (χ0n) is 22.7. The van der Waals surface area contributed by atoms with Crippen LogP contribution >= 0.6 is 0 Å². The first kappa shape index (κ1) is 24.3. The first-order chi connectivity index (χ1) is 18.6. The third-order valence-corrected chi connectivity index (χ3v) is 9.77. The molecule has 3 aliphatic heterocycles. The van der Waals surface area contributed by atoms with Crippen molar-refractivity contribution in [1.29, 1.82) is 0 Å². The van der Waals surface area contributed by atoms with Gasteiger partial charge in [-0.2, -0.15) is 0 Å². The van der Waals surface area contributed by atoms with Crippen LogP contribution in [0.25, 0.3) is 11.0 Å². The second kappa shape index (κ2) is 9.78. The largest absolute Gasteiger partial charge is 0.379 e. The molecule has 200 valence electrons. The molecule has 0 radical (unpaired) electrons. The molecule has 7 nitrogen and oxygen atoms in total. The minimum Gasteiger partial charge on any atom is -0.379 e. The van der Waals surface area contributed by atoms with Crippen LogP contribution in [0.2, 0.25) is 0 Å². The molecule has 3 aromatic rings. The molecule has 7 heteroatoms. The van der Waals surface area contributed by atoms with Gasteiger partial charge < -0.3 is 9.64 Å². The predicted octanol–water partition coefficient (Wildman–Crippen LogP) is 4.06. The van der Waals surface area contributed by atoms with Crippen molar-refractivity contribution in [1.82, 2.24) is 19.4 Å². The quantitative estimate of drug-likeness (QED) is 0.527. The highest BCUT2D eigenvalue weighted by Gasteiger charge is 2.40. The van der Waals surface area contributed by atoms with Gasteiger partial charge in [-0.15, -0.1) is 0 Å². The summed E-state index contributed by atoms with van der Waals surface area (Å²) in [5, 5.41) is 1.05. The summed E-state index contributed by atoms with van der Waals surface area (Å²) >= 11 is 0. The second-order valence-corrected chi connectivity index (χ2v) is 11.9. The summed E-state index contributed by atoms with van der Waals surface area (Å²) in [6.45, 7) is 9.18. The first-order valence-corrected chi connectivity index (χ1v) is 14.5. The summed E-state index contributed by atoms with van der Waals surface area (Å²) in [4.78, 5) is 25.1. The number of nitrogens with zero attached hydrogens (tertiary/aromatic N) is 5. The molecule has 2 aromatic heterocycles. The number of aromatic nitrogens is 2. The number of rotatable bonds is 3. The summed E-state index contributed by atoms with van der Waals surface area (Å²) in [6.07, 6.45) is 6.97. The summed E-state index contributed by atoms with van der Waals surface area (Å²) in [5.74, 6) is 0.684. The predicted molar refractivity (Wildman–Crippen MR) is 151 cm³/mol. The minimum atomic E-state index is 0.00101. The Kier molecular flexibility index (Phi) is 6.26. The van der Waals surface area contributed by atoms with Crippen LogP contribution in [0.1, 0.15) is 61.3 Å². The van der Waals surface area contributed by atoms with Gasteiger partial charge in [0.25, 0.3) is 5.56 Å². The Bertz CT molecular complexity index is 1390. The van der Waals surface area contributed by atoms with Crippen LogP contribution in [0.5, 0.6) is 0 Å². The van der Waals surface area contributed by atoms with Gasteiger partial charge in [0.05, 0.1) is 24.9 Å². The fraction of sp³-hybridized carbons (Fsp3) is 0.548. The molecule has 0 bridgehead atoms. The molecule has 4 aliphatic rings. The molecule has 0 unspecified atom stereocenters. The number of hydrogen-bond acceptors (Lipinski definition) is 6. The van der Waals surface area contributed by atoms with Gasteiger partial charge in [-0.25, -0.2) is 4.98 Å². The maximum atomic E-state index is 12.8. The van der Waals surface area contributed by atoms with Crippen LogP contribution in [-0.4, -0.2) is 70.8 Å². The lowest BCUT2D eigenvalue weighted by Gasteiger charge is -2.43. The molecule has 7 rings (SSSR count). The van der Waals surface area contributed by atoms with Gasteiger partial charge in [-0.05, 0) is 67.3 Å². The molecule has 5 heterocycles. The molecule has 3 fully saturated rings. The third-order valence-electron chi connectivity index (χ3n) is 9.77. The summed E-state index contributed by atoms with van der Waals surface area (Å²) in [5.41, 5.74) is 6.29. The smallest absolute Gasteiger partial charge is 0.253 e. The Morgan fingerprint density at radius 1 is 1.00 bits per heavy atom. The fourth-order valence-corrected chi connectivity index (χ4v) is 7.64. The zero-order valence-corrected chi connectivity index (χ0v) is 22.7. The number of pyridine rings is 2. The maximum Gasteiger partial charge on any atom is 0.253 e. The Labute approximate surface area is 225 Å². The molecule has 2 atom stereocenters. The van der Waals surface area contributed by atoms with Crippen LogP contribution in [0, 0.1) is 0 Å². The number of anilines is 1. The summed E-state index contributed by atoms with van der Waals surface area (Å²) in [7, 11) is 1.81. The Morgan fingerprint density at radius 2 is 1.82 bits per heavy atom. The standard InChI is InChI=1S/C31H39N5O2/c1-21-18-35(28-17-30(37)33(2)31-27(28)4-3-11-32-31)20-29-26-10-7-23(16-24(26)19-36(21)29)22-5-8-25(9-6-22)34-12-14-38-15-13-34/h3-4,7,10-11,16-17,21-22,25,29H,5-6,8-9,12-15,18-20H2,1-2H3/t21-,22-,25-,29-/m1/s1. The van der Waals surface area contributed by atoms with E-state index in [-0.39, 0.29) is 5.56 Å². The Balaban J connectivity index is 1.11. The molecule has 1 aliphatic carbocycles.